The smallest absolute Gasteiger partial charge is 0.341 e. The molecular formula is C9H13N3O3. The highest BCUT2D eigenvalue weighted by Gasteiger charge is 2.20. The number of hydrogen-bond donors (Lipinski definition) is 3. The minimum atomic E-state index is -1.10. The van der Waals surface area contributed by atoms with Gasteiger partial charge in [-0.1, -0.05) is 0 Å². The highest BCUT2D eigenvalue weighted by Crippen LogP contribution is 2.15. The summed E-state index contributed by atoms with van der Waals surface area (Å²) < 4.78 is 0. The molecular weight excluding hydrogens is 198 g/mol. The van der Waals surface area contributed by atoms with Gasteiger partial charge in [0.05, 0.1) is 12.1 Å². The molecule has 1 heterocycles. The van der Waals surface area contributed by atoms with Crippen molar-refractivity contribution < 1.29 is 15.0 Å². The van der Waals surface area contributed by atoms with Crippen molar-refractivity contribution >= 4 is 11.8 Å². The molecule has 6 nitrogen and oxygen atoms in total. The van der Waals surface area contributed by atoms with Gasteiger partial charge in [0.25, 0.3) is 0 Å². The van der Waals surface area contributed by atoms with Gasteiger partial charge in [0.15, 0.2) is 0 Å². The molecule has 0 aromatic carbocycles. The van der Waals surface area contributed by atoms with Crippen LogP contribution in [0.3, 0.4) is 0 Å². The summed E-state index contributed by atoms with van der Waals surface area (Å²) in [5, 5.41) is 20.7. The lowest BCUT2D eigenvalue weighted by atomic mass is 10.1. The SMILES string of the molecule is CC(C)(CO)Nc1ncncc1C(=O)O. The summed E-state index contributed by atoms with van der Waals surface area (Å²) in [6.45, 7) is 3.34. The summed E-state index contributed by atoms with van der Waals surface area (Å²) in [6.07, 6.45) is 2.47. The van der Waals surface area contributed by atoms with Crippen LogP contribution in [0.5, 0.6) is 0 Å². The number of aliphatic hydroxyl groups is 1. The van der Waals surface area contributed by atoms with Crippen molar-refractivity contribution in [1.29, 1.82) is 0 Å². The fourth-order valence-electron chi connectivity index (χ4n) is 0.946. The number of nitrogens with one attached hydrogen (secondary N) is 1. The Bertz CT molecular complexity index is 365. The molecule has 3 N–H and O–H groups in total. The highest BCUT2D eigenvalue weighted by molar-refractivity contribution is 5.92. The lowest BCUT2D eigenvalue weighted by molar-refractivity contribution is 0.0697. The number of hydrogen-bond acceptors (Lipinski definition) is 5. The first-order chi connectivity index (χ1) is 6.96. The quantitative estimate of drug-likeness (QED) is 0.665. The van der Waals surface area contributed by atoms with E-state index in [0.717, 1.165) is 0 Å². The molecule has 0 radical (unpaired) electrons. The third kappa shape index (κ3) is 2.88. The Morgan fingerprint density at radius 2 is 2.27 bits per heavy atom. The van der Waals surface area contributed by atoms with E-state index in [1.54, 1.807) is 13.8 Å². The summed E-state index contributed by atoms with van der Waals surface area (Å²) >= 11 is 0. The third-order valence-corrected chi connectivity index (χ3v) is 1.79. The Balaban J connectivity index is 2.99. The number of aliphatic hydroxyl groups excluding tert-OH is 1. The molecule has 1 aromatic heterocycles. The van der Waals surface area contributed by atoms with Crippen molar-refractivity contribution in [2.45, 2.75) is 19.4 Å². The fraction of sp³-hybridized carbons (Fsp3) is 0.444. The summed E-state index contributed by atoms with van der Waals surface area (Å²) in [5.41, 5.74) is -0.641. The van der Waals surface area contributed by atoms with E-state index >= 15 is 0 Å². The van der Waals surface area contributed by atoms with Gasteiger partial charge in [0.1, 0.15) is 17.7 Å². The van der Waals surface area contributed by atoms with Crippen LogP contribution in [0.25, 0.3) is 0 Å². The maximum absolute atomic E-state index is 10.8. The van der Waals surface area contributed by atoms with Crippen molar-refractivity contribution in [2.24, 2.45) is 0 Å². The van der Waals surface area contributed by atoms with Crippen LogP contribution in [0.2, 0.25) is 0 Å². The van der Waals surface area contributed by atoms with E-state index in [2.05, 4.69) is 15.3 Å². The maximum atomic E-state index is 10.8. The van der Waals surface area contributed by atoms with Crippen LogP contribution >= 0.6 is 0 Å². The molecule has 15 heavy (non-hydrogen) atoms. The summed E-state index contributed by atoms with van der Waals surface area (Å²) in [7, 11) is 0. The molecule has 0 atom stereocenters. The normalized spacial score (nSPS) is 11.1. The predicted octanol–water partition coefficient (Wildman–Crippen LogP) is 0.358. The number of aromatic carboxylic acids is 1. The van der Waals surface area contributed by atoms with Gasteiger partial charge in [-0.05, 0) is 13.8 Å². The standard InChI is InChI=1S/C9H13N3O3/c1-9(2,4-13)12-7-6(8(14)15)3-10-5-11-7/h3,5,13H,4H2,1-2H3,(H,14,15)(H,10,11,12). The summed E-state index contributed by atoms with van der Waals surface area (Å²) in [4.78, 5) is 18.3. The number of aromatic nitrogens is 2. The van der Waals surface area contributed by atoms with Crippen LogP contribution in [0.4, 0.5) is 5.82 Å². The van der Waals surface area contributed by atoms with E-state index in [1.807, 2.05) is 0 Å². The predicted molar refractivity (Wildman–Crippen MR) is 53.8 cm³/mol. The summed E-state index contributed by atoms with van der Waals surface area (Å²) in [6, 6.07) is 0. The molecule has 0 saturated carbocycles. The van der Waals surface area contributed by atoms with Crippen molar-refractivity contribution in [3.63, 3.8) is 0 Å². The largest absolute Gasteiger partial charge is 0.477 e. The number of nitrogens with zero attached hydrogens (tertiary/aromatic N) is 2. The van der Waals surface area contributed by atoms with Gasteiger partial charge in [-0.3, -0.25) is 0 Å². The lowest BCUT2D eigenvalue weighted by Crippen LogP contribution is -2.36. The van der Waals surface area contributed by atoms with E-state index in [4.69, 9.17) is 10.2 Å². The minimum Gasteiger partial charge on any atom is -0.477 e. The average Bonchev–Trinajstić information content (AvgIpc) is 2.18. The molecule has 1 aromatic rings. The Hall–Kier alpha value is -1.69. The van der Waals surface area contributed by atoms with E-state index in [9.17, 15) is 4.79 Å². The van der Waals surface area contributed by atoms with E-state index in [-0.39, 0.29) is 18.0 Å². The van der Waals surface area contributed by atoms with E-state index < -0.39 is 11.5 Å². The average molecular weight is 211 g/mol. The first-order valence-corrected chi connectivity index (χ1v) is 4.38. The van der Waals surface area contributed by atoms with Gasteiger partial charge in [-0.25, -0.2) is 14.8 Å². The second kappa shape index (κ2) is 4.22. The van der Waals surface area contributed by atoms with E-state index in [1.165, 1.54) is 12.5 Å². The minimum absolute atomic E-state index is 0.0148. The number of rotatable bonds is 4. The number of anilines is 1. The molecule has 0 amide bonds. The van der Waals surface area contributed by atoms with Gasteiger partial charge in [-0.15, -0.1) is 0 Å². The van der Waals surface area contributed by atoms with Crippen LogP contribution < -0.4 is 5.32 Å². The Morgan fingerprint density at radius 3 is 2.80 bits per heavy atom. The summed E-state index contributed by atoms with van der Waals surface area (Å²) in [5.74, 6) is -0.900. The van der Waals surface area contributed by atoms with Crippen LogP contribution in [-0.2, 0) is 0 Å². The topological polar surface area (TPSA) is 95.3 Å². The molecule has 0 fully saturated rings. The molecule has 0 aliphatic carbocycles. The molecule has 0 unspecified atom stereocenters. The van der Waals surface area contributed by atoms with E-state index in [0.29, 0.717) is 0 Å². The van der Waals surface area contributed by atoms with Crippen LogP contribution in [0.15, 0.2) is 12.5 Å². The van der Waals surface area contributed by atoms with Gasteiger partial charge in [0.2, 0.25) is 0 Å². The van der Waals surface area contributed by atoms with Gasteiger partial charge in [0, 0.05) is 6.20 Å². The van der Waals surface area contributed by atoms with Crippen LogP contribution in [-0.4, -0.2) is 38.3 Å². The van der Waals surface area contributed by atoms with Crippen LogP contribution in [0.1, 0.15) is 24.2 Å². The Labute approximate surface area is 87.0 Å². The first-order valence-electron chi connectivity index (χ1n) is 4.38. The molecule has 82 valence electrons. The number of carbonyl (C=O) groups is 1. The first kappa shape index (κ1) is 11.4. The zero-order valence-electron chi connectivity index (χ0n) is 8.56. The van der Waals surface area contributed by atoms with Crippen molar-refractivity contribution in [3.05, 3.63) is 18.1 Å². The zero-order chi connectivity index (χ0) is 11.5. The highest BCUT2D eigenvalue weighted by atomic mass is 16.4. The monoisotopic (exact) mass is 211 g/mol. The number of carboxylic acids is 1. The van der Waals surface area contributed by atoms with Gasteiger partial charge in [-0.2, -0.15) is 0 Å². The molecule has 1 rings (SSSR count). The van der Waals surface area contributed by atoms with Crippen molar-refractivity contribution in [3.8, 4) is 0 Å². The van der Waals surface area contributed by atoms with Crippen molar-refractivity contribution in [1.82, 2.24) is 9.97 Å². The second-order valence-electron chi connectivity index (χ2n) is 3.76. The van der Waals surface area contributed by atoms with Gasteiger partial charge >= 0.3 is 5.97 Å². The Morgan fingerprint density at radius 1 is 1.60 bits per heavy atom. The maximum Gasteiger partial charge on any atom is 0.341 e. The number of carboxylic acid groups (broad SMARTS) is 1. The second-order valence-corrected chi connectivity index (χ2v) is 3.76. The molecule has 0 spiro atoms. The zero-order valence-corrected chi connectivity index (χ0v) is 8.56. The van der Waals surface area contributed by atoms with Crippen molar-refractivity contribution in [2.75, 3.05) is 11.9 Å². The van der Waals surface area contributed by atoms with Crippen LogP contribution in [0, 0.1) is 0 Å². The molecule has 0 aliphatic rings. The van der Waals surface area contributed by atoms with Gasteiger partial charge < -0.3 is 15.5 Å². The molecule has 6 heteroatoms. The Kier molecular flexibility index (Phi) is 3.21. The molecule has 0 saturated heterocycles. The molecule has 0 aliphatic heterocycles. The third-order valence-electron chi connectivity index (χ3n) is 1.79. The lowest BCUT2D eigenvalue weighted by Gasteiger charge is -2.24. The molecule has 0 bridgehead atoms. The fourth-order valence-corrected chi connectivity index (χ4v) is 0.946.